The fourth-order valence-corrected chi connectivity index (χ4v) is 3.38. The molecule has 1 heterocycles. The summed E-state index contributed by atoms with van der Waals surface area (Å²) in [6.45, 7) is 9.13. The van der Waals surface area contributed by atoms with E-state index in [9.17, 15) is 9.59 Å². The predicted molar refractivity (Wildman–Crippen MR) is 105 cm³/mol. The van der Waals surface area contributed by atoms with Gasteiger partial charge in [0.15, 0.2) is 0 Å². The molecule has 7 heteroatoms. The van der Waals surface area contributed by atoms with Crippen LogP contribution in [0.3, 0.4) is 0 Å². The van der Waals surface area contributed by atoms with Crippen LogP contribution < -0.4 is 16.0 Å². The molecule has 1 aromatic carbocycles. The minimum Gasteiger partial charge on any atom is -0.350 e. The number of likely N-dealkylation sites (tertiary alicyclic amines) is 1. The molecule has 1 aliphatic rings. The van der Waals surface area contributed by atoms with Crippen LogP contribution >= 0.6 is 11.6 Å². The van der Waals surface area contributed by atoms with E-state index in [4.69, 9.17) is 11.6 Å². The van der Waals surface area contributed by atoms with Crippen molar-refractivity contribution in [3.8, 4) is 0 Å². The first-order valence-electron chi connectivity index (χ1n) is 9.22. The molecule has 3 amide bonds. The van der Waals surface area contributed by atoms with Crippen LogP contribution in [-0.2, 0) is 0 Å². The molecule has 1 saturated heterocycles. The third-order valence-corrected chi connectivity index (χ3v) is 4.69. The van der Waals surface area contributed by atoms with Crippen molar-refractivity contribution in [2.75, 3.05) is 39.3 Å². The third kappa shape index (κ3) is 6.84. The minimum atomic E-state index is -0.242. The fourth-order valence-electron chi connectivity index (χ4n) is 3.15. The van der Waals surface area contributed by atoms with Crippen molar-refractivity contribution in [1.82, 2.24) is 20.9 Å². The Balaban J connectivity index is 1.57. The van der Waals surface area contributed by atoms with Crippen LogP contribution in [0.1, 0.15) is 30.6 Å². The van der Waals surface area contributed by atoms with Crippen LogP contribution in [-0.4, -0.2) is 56.1 Å². The Kier molecular flexibility index (Phi) is 8.19. The second-order valence-electron chi connectivity index (χ2n) is 7.18. The van der Waals surface area contributed by atoms with Crippen molar-refractivity contribution in [3.63, 3.8) is 0 Å². The highest BCUT2D eigenvalue weighted by atomic mass is 35.5. The lowest BCUT2D eigenvalue weighted by Crippen LogP contribution is -2.42. The molecule has 1 aromatic rings. The van der Waals surface area contributed by atoms with E-state index < -0.39 is 0 Å². The van der Waals surface area contributed by atoms with Gasteiger partial charge in [0, 0.05) is 32.7 Å². The van der Waals surface area contributed by atoms with Crippen LogP contribution in [0.5, 0.6) is 0 Å². The first kappa shape index (κ1) is 20.5. The average Bonchev–Trinajstić information content (AvgIpc) is 3.03. The molecular weight excluding hydrogens is 352 g/mol. The summed E-state index contributed by atoms with van der Waals surface area (Å²) in [6.07, 6.45) is 1.13. The molecule has 0 aliphatic carbocycles. The Morgan fingerprint density at radius 2 is 1.92 bits per heavy atom. The van der Waals surface area contributed by atoms with Crippen molar-refractivity contribution < 1.29 is 9.59 Å². The second kappa shape index (κ2) is 10.4. The Morgan fingerprint density at radius 3 is 2.65 bits per heavy atom. The molecular formula is C19H29ClN4O2. The number of hydrogen-bond acceptors (Lipinski definition) is 3. The van der Waals surface area contributed by atoms with E-state index in [1.165, 1.54) is 0 Å². The molecule has 6 nitrogen and oxygen atoms in total. The minimum absolute atomic E-state index is 0.195. The highest BCUT2D eigenvalue weighted by Gasteiger charge is 2.22. The SMILES string of the molecule is CC(C)CN1CC[C@@H](CNC(=O)NCCNC(=O)c2ccccc2Cl)C1. The summed E-state index contributed by atoms with van der Waals surface area (Å²) in [4.78, 5) is 26.3. The zero-order valence-corrected chi connectivity index (χ0v) is 16.3. The fraction of sp³-hybridized carbons (Fsp3) is 0.579. The normalized spacial score (nSPS) is 17.3. The van der Waals surface area contributed by atoms with Gasteiger partial charge >= 0.3 is 6.03 Å². The molecule has 3 N–H and O–H groups in total. The first-order chi connectivity index (χ1) is 12.5. The summed E-state index contributed by atoms with van der Waals surface area (Å²) in [5, 5.41) is 8.84. The summed E-state index contributed by atoms with van der Waals surface area (Å²) < 4.78 is 0. The van der Waals surface area contributed by atoms with Gasteiger partial charge in [-0.15, -0.1) is 0 Å². The number of amides is 3. The molecule has 1 fully saturated rings. The van der Waals surface area contributed by atoms with Gasteiger partial charge in [-0.05, 0) is 36.9 Å². The molecule has 0 bridgehead atoms. The second-order valence-corrected chi connectivity index (χ2v) is 7.59. The van der Waals surface area contributed by atoms with Crippen LogP contribution in [0.4, 0.5) is 4.79 Å². The molecule has 0 unspecified atom stereocenters. The van der Waals surface area contributed by atoms with Crippen molar-refractivity contribution in [2.24, 2.45) is 11.8 Å². The van der Waals surface area contributed by atoms with Gasteiger partial charge in [-0.3, -0.25) is 4.79 Å². The van der Waals surface area contributed by atoms with E-state index in [2.05, 4.69) is 34.7 Å². The number of halogens is 1. The largest absolute Gasteiger partial charge is 0.350 e. The Labute approximate surface area is 160 Å². The number of urea groups is 1. The highest BCUT2D eigenvalue weighted by Crippen LogP contribution is 2.16. The van der Waals surface area contributed by atoms with Crippen molar-refractivity contribution in [2.45, 2.75) is 20.3 Å². The Morgan fingerprint density at radius 1 is 1.19 bits per heavy atom. The molecule has 1 aliphatic heterocycles. The molecule has 0 radical (unpaired) electrons. The van der Waals surface area contributed by atoms with Crippen molar-refractivity contribution in [1.29, 1.82) is 0 Å². The molecule has 0 aromatic heterocycles. The van der Waals surface area contributed by atoms with Gasteiger partial charge in [0.25, 0.3) is 5.91 Å². The lowest BCUT2D eigenvalue weighted by molar-refractivity contribution is 0.0954. The number of carbonyl (C=O) groups excluding carboxylic acids is 2. The molecule has 0 spiro atoms. The Hall–Kier alpha value is -1.79. The summed E-state index contributed by atoms with van der Waals surface area (Å²) in [7, 11) is 0. The number of nitrogens with one attached hydrogen (secondary N) is 3. The molecule has 0 saturated carbocycles. The maximum Gasteiger partial charge on any atom is 0.314 e. The lowest BCUT2D eigenvalue weighted by atomic mass is 10.1. The quantitative estimate of drug-likeness (QED) is 0.606. The zero-order chi connectivity index (χ0) is 18.9. The van der Waals surface area contributed by atoms with Gasteiger partial charge in [0.1, 0.15) is 0 Å². The molecule has 26 heavy (non-hydrogen) atoms. The summed E-state index contributed by atoms with van der Waals surface area (Å²) in [5.41, 5.74) is 0.436. The van der Waals surface area contributed by atoms with E-state index in [1.807, 2.05) is 0 Å². The van der Waals surface area contributed by atoms with E-state index >= 15 is 0 Å². The summed E-state index contributed by atoms with van der Waals surface area (Å²) >= 11 is 5.98. The van der Waals surface area contributed by atoms with Crippen LogP contribution in [0.15, 0.2) is 24.3 Å². The zero-order valence-electron chi connectivity index (χ0n) is 15.6. The highest BCUT2D eigenvalue weighted by molar-refractivity contribution is 6.33. The Bertz CT molecular complexity index is 609. The summed E-state index contributed by atoms with van der Waals surface area (Å²) in [6, 6.07) is 6.68. The predicted octanol–water partition coefficient (Wildman–Crippen LogP) is 2.35. The van der Waals surface area contributed by atoms with E-state index in [0.29, 0.717) is 42.1 Å². The van der Waals surface area contributed by atoms with Crippen molar-refractivity contribution >= 4 is 23.5 Å². The van der Waals surface area contributed by atoms with Gasteiger partial charge < -0.3 is 20.9 Å². The van der Waals surface area contributed by atoms with Gasteiger partial charge in [0.05, 0.1) is 10.6 Å². The van der Waals surface area contributed by atoms with Crippen LogP contribution in [0.25, 0.3) is 0 Å². The molecule has 144 valence electrons. The first-order valence-corrected chi connectivity index (χ1v) is 9.60. The van der Waals surface area contributed by atoms with Crippen molar-refractivity contribution in [3.05, 3.63) is 34.9 Å². The molecule has 1 atom stereocenters. The van der Waals surface area contributed by atoms with E-state index in [0.717, 1.165) is 26.1 Å². The van der Waals surface area contributed by atoms with Gasteiger partial charge in [0.2, 0.25) is 0 Å². The number of carbonyl (C=O) groups is 2. The average molecular weight is 381 g/mol. The van der Waals surface area contributed by atoms with Crippen LogP contribution in [0.2, 0.25) is 5.02 Å². The maximum absolute atomic E-state index is 12.0. The third-order valence-electron chi connectivity index (χ3n) is 4.36. The lowest BCUT2D eigenvalue weighted by Gasteiger charge is -2.18. The maximum atomic E-state index is 12.0. The topological polar surface area (TPSA) is 73.5 Å². The summed E-state index contributed by atoms with van der Waals surface area (Å²) in [5.74, 6) is 0.944. The number of hydrogen-bond donors (Lipinski definition) is 3. The molecule has 2 rings (SSSR count). The number of benzene rings is 1. The van der Waals surface area contributed by atoms with Crippen LogP contribution in [0, 0.1) is 11.8 Å². The smallest absolute Gasteiger partial charge is 0.314 e. The van der Waals surface area contributed by atoms with Gasteiger partial charge in [-0.25, -0.2) is 4.79 Å². The standard InChI is InChI=1S/C19H29ClN4O2/c1-14(2)12-24-10-7-15(13-24)11-23-19(26)22-9-8-21-18(25)16-5-3-4-6-17(16)20/h3-6,14-15H,7-13H2,1-2H3,(H,21,25)(H2,22,23,26)/t15-/m0/s1. The van der Waals surface area contributed by atoms with Gasteiger partial charge in [-0.2, -0.15) is 0 Å². The van der Waals surface area contributed by atoms with Gasteiger partial charge in [-0.1, -0.05) is 37.6 Å². The van der Waals surface area contributed by atoms with E-state index in [1.54, 1.807) is 24.3 Å². The number of rotatable bonds is 8. The monoisotopic (exact) mass is 380 g/mol. The number of nitrogens with zero attached hydrogens (tertiary/aromatic N) is 1. The van der Waals surface area contributed by atoms with E-state index in [-0.39, 0.29) is 11.9 Å².